The molecular weight excluding hydrogens is 284 g/mol. The second kappa shape index (κ2) is 8.17. The van der Waals surface area contributed by atoms with Gasteiger partial charge in [0.25, 0.3) is 0 Å². The Hall–Kier alpha value is -2.20. The quantitative estimate of drug-likeness (QED) is 0.374. The Bertz CT molecular complexity index is 652. The van der Waals surface area contributed by atoms with Gasteiger partial charge in [0.15, 0.2) is 18.4 Å². The van der Waals surface area contributed by atoms with E-state index in [1.54, 1.807) is 18.2 Å². The third-order valence-electron chi connectivity index (χ3n) is 2.80. The van der Waals surface area contributed by atoms with Crippen molar-refractivity contribution >= 4 is 37.1 Å². The number of rotatable bonds is 6. The maximum Gasteiger partial charge on any atom is 0.161 e. The van der Waals surface area contributed by atoms with E-state index in [-0.39, 0.29) is 22.5 Å². The Labute approximate surface area is 129 Å². The Morgan fingerprint density at radius 1 is 1.05 bits per heavy atom. The van der Waals surface area contributed by atoms with E-state index < -0.39 is 0 Å². The average molecular weight is 300 g/mol. The molecule has 0 radical (unpaired) electrons. The Morgan fingerprint density at radius 3 is 2.19 bits per heavy atom. The lowest BCUT2D eigenvalue weighted by Crippen LogP contribution is -2.05. The molecule has 0 spiro atoms. The minimum atomic E-state index is -0.246. The van der Waals surface area contributed by atoms with Gasteiger partial charge in [0, 0.05) is 21.6 Å². The largest absolute Gasteiger partial charge is 0.298 e. The number of carbonyl (C=O) groups is 3. The first kappa shape index (κ1) is 16.9. The van der Waals surface area contributed by atoms with Crippen LogP contribution in [0.4, 0.5) is 0 Å². The number of thiol groups is 1. The standard InChI is InChI=1S/C17H16O3S/c1-3-4-5-6-7-8-15-13(10-18)9-14(11-19)17(21)16(15)12(2)20/h3-11,21H,1-2H3/b4-3+,6-5+,8-7+. The van der Waals surface area contributed by atoms with Gasteiger partial charge in [0.1, 0.15) is 0 Å². The van der Waals surface area contributed by atoms with E-state index in [4.69, 9.17) is 0 Å². The topological polar surface area (TPSA) is 51.2 Å². The molecule has 0 fully saturated rings. The summed E-state index contributed by atoms with van der Waals surface area (Å²) in [5, 5.41) is 0. The molecule has 21 heavy (non-hydrogen) atoms. The van der Waals surface area contributed by atoms with Gasteiger partial charge in [-0.3, -0.25) is 14.4 Å². The number of ketones is 1. The Morgan fingerprint density at radius 2 is 1.67 bits per heavy atom. The second-order valence-corrected chi connectivity index (χ2v) is 4.70. The summed E-state index contributed by atoms with van der Waals surface area (Å²) in [5.41, 5.74) is 1.27. The third kappa shape index (κ3) is 4.13. The molecule has 1 aromatic carbocycles. The molecule has 0 amide bonds. The van der Waals surface area contributed by atoms with Gasteiger partial charge in [-0.25, -0.2) is 0 Å². The highest BCUT2D eigenvalue weighted by molar-refractivity contribution is 7.80. The van der Waals surface area contributed by atoms with Crippen LogP contribution in [-0.2, 0) is 0 Å². The van der Waals surface area contributed by atoms with Crippen molar-refractivity contribution in [1.29, 1.82) is 0 Å². The van der Waals surface area contributed by atoms with Crippen LogP contribution >= 0.6 is 12.6 Å². The fraction of sp³-hybridized carbons (Fsp3) is 0.118. The fourth-order valence-corrected chi connectivity index (χ4v) is 2.24. The minimum absolute atomic E-state index is 0.229. The third-order valence-corrected chi connectivity index (χ3v) is 3.28. The molecule has 0 aliphatic heterocycles. The van der Waals surface area contributed by atoms with Gasteiger partial charge >= 0.3 is 0 Å². The lowest BCUT2D eigenvalue weighted by atomic mass is 9.95. The van der Waals surface area contributed by atoms with E-state index in [0.717, 1.165) is 0 Å². The summed E-state index contributed by atoms with van der Waals surface area (Å²) in [6, 6.07) is 1.43. The number of aldehydes is 2. The molecule has 3 nitrogen and oxygen atoms in total. The van der Waals surface area contributed by atoms with Crippen LogP contribution in [0.5, 0.6) is 0 Å². The van der Waals surface area contributed by atoms with Crippen molar-refractivity contribution < 1.29 is 14.4 Å². The summed E-state index contributed by atoms with van der Waals surface area (Å²) < 4.78 is 0. The summed E-state index contributed by atoms with van der Waals surface area (Å²) >= 11 is 4.23. The Balaban J connectivity index is 3.47. The van der Waals surface area contributed by atoms with Crippen molar-refractivity contribution in [2.75, 3.05) is 0 Å². The van der Waals surface area contributed by atoms with Gasteiger partial charge in [-0.1, -0.05) is 36.5 Å². The molecule has 0 aliphatic rings. The van der Waals surface area contributed by atoms with Gasteiger partial charge in [0.05, 0.1) is 0 Å². The van der Waals surface area contributed by atoms with Crippen molar-refractivity contribution in [1.82, 2.24) is 0 Å². The zero-order chi connectivity index (χ0) is 15.8. The van der Waals surface area contributed by atoms with Crippen molar-refractivity contribution in [2.45, 2.75) is 18.7 Å². The van der Waals surface area contributed by atoms with Gasteiger partial charge in [-0.15, -0.1) is 12.6 Å². The maximum absolute atomic E-state index is 11.8. The van der Waals surface area contributed by atoms with Crippen LogP contribution in [0.15, 0.2) is 41.3 Å². The Kier molecular flexibility index (Phi) is 6.56. The van der Waals surface area contributed by atoms with E-state index >= 15 is 0 Å². The second-order valence-electron chi connectivity index (χ2n) is 4.25. The zero-order valence-corrected chi connectivity index (χ0v) is 12.8. The molecule has 0 saturated heterocycles. The number of allylic oxidation sites excluding steroid dienone is 5. The van der Waals surface area contributed by atoms with Gasteiger partial charge in [-0.2, -0.15) is 0 Å². The van der Waals surface area contributed by atoms with Gasteiger partial charge in [-0.05, 0) is 25.5 Å². The van der Waals surface area contributed by atoms with Crippen LogP contribution in [-0.4, -0.2) is 18.4 Å². The van der Waals surface area contributed by atoms with E-state index in [2.05, 4.69) is 12.6 Å². The van der Waals surface area contributed by atoms with Crippen molar-refractivity contribution in [2.24, 2.45) is 0 Å². The first-order valence-corrected chi connectivity index (χ1v) is 6.78. The normalized spacial score (nSPS) is 11.6. The van der Waals surface area contributed by atoms with Gasteiger partial charge < -0.3 is 0 Å². The monoisotopic (exact) mass is 300 g/mol. The number of Topliss-reactive ketones (excluding diaryl/α,β-unsaturated/α-hetero) is 1. The summed E-state index contributed by atoms with van der Waals surface area (Å²) in [7, 11) is 0. The summed E-state index contributed by atoms with van der Waals surface area (Å²) in [4.78, 5) is 34.3. The van der Waals surface area contributed by atoms with Crippen LogP contribution in [0.25, 0.3) is 6.08 Å². The predicted octanol–water partition coefficient (Wildman–Crippen LogP) is 3.95. The first-order valence-electron chi connectivity index (χ1n) is 6.34. The molecule has 4 heteroatoms. The molecule has 0 heterocycles. The number of hydrogen-bond acceptors (Lipinski definition) is 4. The molecule has 0 aromatic heterocycles. The smallest absolute Gasteiger partial charge is 0.161 e. The van der Waals surface area contributed by atoms with Crippen molar-refractivity contribution in [3.05, 3.63) is 58.7 Å². The van der Waals surface area contributed by atoms with Crippen LogP contribution in [0.3, 0.4) is 0 Å². The van der Waals surface area contributed by atoms with Crippen molar-refractivity contribution in [3.8, 4) is 0 Å². The number of carbonyl (C=O) groups excluding carboxylic acids is 3. The zero-order valence-electron chi connectivity index (χ0n) is 11.9. The summed E-state index contributed by atoms with van der Waals surface area (Å²) in [6.45, 7) is 3.28. The highest BCUT2D eigenvalue weighted by Crippen LogP contribution is 2.27. The summed E-state index contributed by atoms with van der Waals surface area (Å²) in [5.74, 6) is -0.246. The van der Waals surface area contributed by atoms with Crippen LogP contribution in [0.2, 0.25) is 0 Å². The minimum Gasteiger partial charge on any atom is -0.298 e. The molecule has 108 valence electrons. The average Bonchev–Trinajstić information content (AvgIpc) is 2.46. The van der Waals surface area contributed by atoms with E-state index in [9.17, 15) is 14.4 Å². The molecular formula is C17H16O3S. The maximum atomic E-state index is 11.8. The van der Waals surface area contributed by atoms with E-state index in [1.807, 2.05) is 25.2 Å². The lowest BCUT2D eigenvalue weighted by Gasteiger charge is -2.11. The molecule has 0 bridgehead atoms. The highest BCUT2D eigenvalue weighted by atomic mass is 32.1. The van der Waals surface area contributed by atoms with Crippen LogP contribution < -0.4 is 0 Å². The fourth-order valence-electron chi connectivity index (χ4n) is 1.84. The lowest BCUT2D eigenvalue weighted by molar-refractivity contribution is 0.101. The van der Waals surface area contributed by atoms with Crippen LogP contribution in [0, 0.1) is 0 Å². The molecule has 0 saturated carbocycles. The molecule has 0 atom stereocenters. The first-order chi connectivity index (χ1) is 10.1. The molecule has 1 rings (SSSR count). The van der Waals surface area contributed by atoms with E-state index in [1.165, 1.54) is 13.0 Å². The van der Waals surface area contributed by atoms with Crippen LogP contribution in [0.1, 0.15) is 50.5 Å². The number of benzene rings is 1. The molecule has 0 aliphatic carbocycles. The molecule has 1 aromatic rings. The highest BCUT2D eigenvalue weighted by Gasteiger charge is 2.17. The number of hydrogen-bond donors (Lipinski definition) is 1. The SMILES string of the molecule is C/C=C/C=C/C=C/c1c(C=O)cc(C=O)c(S)c1C(C)=O. The van der Waals surface area contributed by atoms with E-state index in [0.29, 0.717) is 23.0 Å². The molecule has 0 unspecified atom stereocenters. The predicted molar refractivity (Wildman–Crippen MR) is 87.5 cm³/mol. The summed E-state index contributed by atoms with van der Waals surface area (Å²) in [6.07, 6.45) is 11.9. The van der Waals surface area contributed by atoms with Gasteiger partial charge in [0.2, 0.25) is 0 Å². The molecule has 0 N–H and O–H groups in total. The van der Waals surface area contributed by atoms with Crippen molar-refractivity contribution in [3.63, 3.8) is 0 Å².